The number of benzene rings is 1. The molecule has 48 heavy (non-hydrogen) atoms. The molecule has 1 saturated heterocycles. The molecule has 7 atom stereocenters. The van der Waals surface area contributed by atoms with Gasteiger partial charge < -0.3 is 19.5 Å². The van der Waals surface area contributed by atoms with Crippen molar-refractivity contribution >= 4 is 9.84 Å². The molecule has 6 nitrogen and oxygen atoms in total. The number of aliphatic hydroxyl groups is 1. The van der Waals surface area contributed by atoms with Crippen molar-refractivity contribution < 1.29 is 45.0 Å². The van der Waals surface area contributed by atoms with Gasteiger partial charge in [-0.05, 0) is 130 Å². The maximum absolute atomic E-state index is 13.1. The Kier molecular flexibility index (Phi) is 12.1. The van der Waals surface area contributed by atoms with Crippen molar-refractivity contribution in [3.05, 3.63) is 29.3 Å². The normalized spacial score (nSPS) is 30.9. The summed E-state index contributed by atoms with van der Waals surface area (Å²) in [5, 5.41) is 11.0. The maximum atomic E-state index is 13.1. The third kappa shape index (κ3) is 8.86. The second kappa shape index (κ2) is 15.4. The van der Waals surface area contributed by atoms with E-state index >= 15 is 0 Å². The predicted octanol–water partition coefficient (Wildman–Crippen LogP) is 7.92. The number of nitrogens with zero attached hydrogens (tertiary/aromatic N) is 1. The molecule has 1 aromatic rings. The van der Waals surface area contributed by atoms with Gasteiger partial charge in [-0.1, -0.05) is 25.8 Å². The van der Waals surface area contributed by atoms with E-state index in [0.717, 1.165) is 89.4 Å². The van der Waals surface area contributed by atoms with Gasteiger partial charge in [-0.2, -0.15) is 22.0 Å². The molecule has 2 saturated carbocycles. The van der Waals surface area contributed by atoms with E-state index in [4.69, 9.17) is 9.47 Å². The molecular weight excluding hydrogens is 653 g/mol. The van der Waals surface area contributed by atoms with E-state index in [0.29, 0.717) is 30.2 Å². The van der Waals surface area contributed by atoms with Gasteiger partial charge in [-0.25, -0.2) is 8.42 Å². The van der Waals surface area contributed by atoms with Crippen molar-refractivity contribution in [3.63, 3.8) is 0 Å². The van der Waals surface area contributed by atoms with Crippen molar-refractivity contribution in [2.24, 2.45) is 23.2 Å². The summed E-state index contributed by atoms with van der Waals surface area (Å²) in [6.07, 6.45) is 3.81. The fourth-order valence-electron chi connectivity index (χ4n) is 9.18. The van der Waals surface area contributed by atoms with E-state index in [1.807, 2.05) is 11.9 Å². The number of alkyl halides is 5. The summed E-state index contributed by atoms with van der Waals surface area (Å²) in [6.45, 7) is 3.92. The van der Waals surface area contributed by atoms with Crippen LogP contribution in [0.25, 0.3) is 0 Å². The molecule has 4 aliphatic rings. The molecule has 0 radical (unpaired) electrons. The molecule has 3 aliphatic carbocycles. The highest BCUT2D eigenvalue weighted by Gasteiger charge is 2.57. The van der Waals surface area contributed by atoms with Gasteiger partial charge in [0.1, 0.15) is 5.75 Å². The lowest BCUT2D eigenvalue weighted by molar-refractivity contribution is -0.284. The monoisotopic (exact) mass is 707 g/mol. The molecule has 274 valence electrons. The lowest BCUT2D eigenvalue weighted by Gasteiger charge is -2.53. The SMILES string of the molecule is CN(CCCCC[C@@H]1Cc2cc(OC3CCCCO3)ccc2[C@H]2CC[C@]3(C)[C@@H](O)CC[C@H]3[C@H]12)CCS(=O)(=O)CCCC(F)(F)C(F)(F)F. The molecule has 1 heterocycles. The molecule has 12 heteroatoms. The summed E-state index contributed by atoms with van der Waals surface area (Å²) < 4.78 is 100.0. The number of hydrogen-bond acceptors (Lipinski definition) is 6. The number of ether oxygens (including phenoxy) is 2. The zero-order valence-electron chi connectivity index (χ0n) is 28.5. The number of unbranched alkanes of at least 4 members (excludes halogenated alkanes) is 2. The molecule has 0 amide bonds. The lowest BCUT2D eigenvalue weighted by Crippen LogP contribution is -2.47. The largest absolute Gasteiger partial charge is 0.465 e. The minimum atomic E-state index is -5.67. The van der Waals surface area contributed by atoms with Crippen molar-refractivity contribution in [1.29, 1.82) is 0 Å². The summed E-state index contributed by atoms with van der Waals surface area (Å²) in [6, 6.07) is 6.63. The van der Waals surface area contributed by atoms with Gasteiger partial charge in [-0.15, -0.1) is 0 Å². The number of aliphatic hydroxyl groups excluding tert-OH is 1. The van der Waals surface area contributed by atoms with E-state index in [1.165, 1.54) is 11.1 Å². The van der Waals surface area contributed by atoms with Crippen LogP contribution in [0.5, 0.6) is 5.75 Å². The van der Waals surface area contributed by atoms with Gasteiger partial charge in [0.2, 0.25) is 0 Å². The number of fused-ring (bicyclic) bond motifs is 5. The minimum Gasteiger partial charge on any atom is -0.465 e. The third-order valence-electron chi connectivity index (χ3n) is 12.0. The van der Waals surface area contributed by atoms with Crippen molar-refractivity contribution in [3.8, 4) is 5.75 Å². The van der Waals surface area contributed by atoms with Gasteiger partial charge in [-0.3, -0.25) is 0 Å². The average molecular weight is 708 g/mol. The molecule has 0 bridgehead atoms. The van der Waals surface area contributed by atoms with Crippen LogP contribution in [0, 0.1) is 23.2 Å². The summed E-state index contributed by atoms with van der Waals surface area (Å²) >= 11 is 0. The summed E-state index contributed by atoms with van der Waals surface area (Å²) in [4.78, 5) is 1.89. The number of rotatable bonds is 15. The second-order valence-electron chi connectivity index (χ2n) is 15.3. The van der Waals surface area contributed by atoms with Gasteiger partial charge in [0, 0.05) is 19.4 Å². The number of halogens is 5. The molecule has 1 aromatic carbocycles. The Balaban J connectivity index is 1.12. The number of sulfone groups is 1. The van der Waals surface area contributed by atoms with Gasteiger partial charge in [0.25, 0.3) is 0 Å². The molecule has 3 fully saturated rings. The first-order valence-corrected chi connectivity index (χ1v) is 19.8. The first kappa shape index (κ1) is 37.7. The van der Waals surface area contributed by atoms with Crippen LogP contribution in [0.3, 0.4) is 0 Å². The van der Waals surface area contributed by atoms with Gasteiger partial charge in [0.05, 0.1) is 24.2 Å². The highest BCUT2D eigenvalue weighted by molar-refractivity contribution is 7.91. The first-order chi connectivity index (χ1) is 22.6. The van der Waals surface area contributed by atoms with Crippen LogP contribution < -0.4 is 4.74 Å². The maximum Gasteiger partial charge on any atom is 0.453 e. The topological polar surface area (TPSA) is 76.1 Å². The Morgan fingerprint density at radius 2 is 1.79 bits per heavy atom. The smallest absolute Gasteiger partial charge is 0.453 e. The van der Waals surface area contributed by atoms with E-state index in [1.54, 1.807) is 0 Å². The molecule has 1 N–H and O–H groups in total. The molecule has 1 aliphatic heterocycles. The predicted molar refractivity (Wildman–Crippen MR) is 175 cm³/mol. The second-order valence-corrected chi connectivity index (χ2v) is 17.6. The Labute approximate surface area is 283 Å². The van der Waals surface area contributed by atoms with Crippen LogP contribution in [0.15, 0.2) is 18.2 Å². The fourth-order valence-corrected chi connectivity index (χ4v) is 10.6. The Morgan fingerprint density at radius 1 is 1.00 bits per heavy atom. The molecule has 1 unspecified atom stereocenters. The van der Waals surface area contributed by atoms with Crippen LogP contribution in [0.4, 0.5) is 22.0 Å². The van der Waals surface area contributed by atoms with Crippen LogP contribution in [-0.4, -0.2) is 81.2 Å². The Hall–Kier alpha value is -1.50. The first-order valence-electron chi connectivity index (χ1n) is 18.0. The zero-order chi connectivity index (χ0) is 34.7. The van der Waals surface area contributed by atoms with Crippen molar-refractivity contribution in [2.75, 3.05) is 38.2 Å². The van der Waals surface area contributed by atoms with E-state index in [2.05, 4.69) is 25.1 Å². The van der Waals surface area contributed by atoms with E-state index in [-0.39, 0.29) is 30.1 Å². The minimum absolute atomic E-state index is 0.0272. The van der Waals surface area contributed by atoms with Gasteiger partial charge in [0.15, 0.2) is 16.1 Å². The average Bonchev–Trinajstić information content (AvgIpc) is 3.33. The lowest BCUT2D eigenvalue weighted by atomic mass is 9.52. The highest BCUT2D eigenvalue weighted by Crippen LogP contribution is 2.62. The van der Waals surface area contributed by atoms with Crippen molar-refractivity contribution in [1.82, 2.24) is 4.90 Å². The van der Waals surface area contributed by atoms with E-state index < -0.39 is 40.5 Å². The summed E-state index contributed by atoms with van der Waals surface area (Å²) in [5.74, 6) is -2.93. The van der Waals surface area contributed by atoms with Crippen molar-refractivity contribution in [2.45, 2.75) is 127 Å². The molecule has 0 aromatic heterocycles. The highest BCUT2D eigenvalue weighted by atomic mass is 32.2. The Bertz CT molecular complexity index is 1320. The van der Waals surface area contributed by atoms with Gasteiger partial charge >= 0.3 is 12.1 Å². The Morgan fingerprint density at radius 3 is 2.52 bits per heavy atom. The number of hydrogen-bond donors (Lipinski definition) is 1. The summed E-state index contributed by atoms with van der Waals surface area (Å²) in [5.41, 5.74) is 2.79. The van der Waals surface area contributed by atoms with Crippen LogP contribution in [0.1, 0.15) is 107 Å². The zero-order valence-corrected chi connectivity index (χ0v) is 29.3. The van der Waals surface area contributed by atoms with Crippen LogP contribution in [0.2, 0.25) is 0 Å². The standard InChI is InChI=1S/C36H54F5NO5S/c1-34-17-15-29-28-12-11-27(47-32-10-5-7-20-46-32)24-26(28)23-25(33(29)30(34)13-14-31(34)43)9-4-3-6-18-42(2)19-22-48(44,45)21-8-16-35(37,38)36(39,40)41/h11-12,24-25,29-33,43H,3-10,13-23H2,1-2H3/t25-,29-,30+,31+,32?,33-,34+/m1/s1. The quantitative estimate of drug-likeness (QED) is 0.148. The molecule has 0 spiro atoms. The van der Waals surface area contributed by atoms with Crippen LogP contribution >= 0.6 is 0 Å². The molecular formula is C36H54F5NO5S. The fraction of sp³-hybridized carbons (Fsp3) is 0.833. The summed E-state index contributed by atoms with van der Waals surface area (Å²) in [7, 11) is -1.93. The van der Waals surface area contributed by atoms with Crippen LogP contribution in [-0.2, 0) is 21.0 Å². The third-order valence-corrected chi connectivity index (χ3v) is 13.7. The molecule has 5 rings (SSSR count). The van der Waals surface area contributed by atoms with E-state index in [9.17, 15) is 35.5 Å².